The van der Waals surface area contributed by atoms with Crippen LogP contribution >= 0.6 is 11.6 Å². The highest BCUT2D eigenvalue weighted by Gasteiger charge is 2.35. The van der Waals surface area contributed by atoms with Gasteiger partial charge in [0.1, 0.15) is 5.82 Å². The first-order chi connectivity index (χ1) is 12.6. The second-order valence-corrected chi connectivity index (χ2v) is 7.06. The number of hydrogen-bond acceptors (Lipinski definition) is 1. The van der Waals surface area contributed by atoms with Crippen LogP contribution in [0.4, 0.5) is 10.1 Å². The summed E-state index contributed by atoms with van der Waals surface area (Å²) in [7, 11) is 0. The molecular formula is C22H19ClFNO. The maximum absolute atomic E-state index is 14.7. The zero-order valence-corrected chi connectivity index (χ0v) is 15.3. The Kier molecular flexibility index (Phi) is 4.41. The van der Waals surface area contributed by atoms with Crippen LogP contribution in [0.2, 0.25) is 5.02 Å². The van der Waals surface area contributed by atoms with E-state index in [9.17, 15) is 9.18 Å². The number of amides is 1. The molecule has 0 saturated heterocycles. The second kappa shape index (κ2) is 6.73. The Morgan fingerprint density at radius 1 is 1.08 bits per heavy atom. The fraction of sp³-hybridized carbons (Fsp3) is 0.227. The molecule has 1 aliphatic heterocycles. The molecule has 0 spiro atoms. The lowest BCUT2D eigenvalue weighted by Gasteiger charge is -2.35. The van der Waals surface area contributed by atoms with E-state index in [4.69, 9.17) is 11.6 Å². The molecule has 0 aliphatic carbocycles. The third-order valence-electron chi connectivity index (χ3n) is 5.06. The molecular weight excluding hydrogens is 349 g/mol. The van der Waals surface area contributed by atoms with E-state index >= 15 is 0 Å². The molecule has 0 N–H and O–H groups in total. The van der Waals surface area contributed by atoms with E-state index in [1.807, 2.05) is 48.2 Å². The number of carbonyl (C=O) groups excluding carboxylic acids is 1. The molecule has 1 heterocycles. The minimum Gasteiger partial charge on any atom is -0.312 e. The van der Waals surface area contributed by atoms with E-state index in [0.29, 0.717) is 17.1 Å². The third kappa shape index (κ3) is 2.67. The Bertz CT molecular complexity index is 980. The molecule has 26 heavy (non-hydrogen) atoms. The second-order valence-electron chi connectivity index (χ2n) is 6.66. The summed E-state index contributed by atoms with van der Waals surface area (Å²) < 4.78 is 14.7. The van der Waals surface area contributed by atoms with Gasteiger partial charge in [0.25, 0.3) is 0 Å². The van der Waals surface area contributed by atoms with Crippen LogP contribution in [0.3, 0.4) is 0 Å². The van der Waals surface area contributed by atoms with Gasteiger partial charge >= 0.3 is 0 Å². The van der Waals surface area contributed by atoms with Crippen molar-refractivity contribution in [3.05, 3.63) is 76.6 Å². The van der Waals surface area contributed by atoms with Crippen molar-refractivity contribution in [3.8, 4) is 0 Å². The molecule has 0 aromatic heterocycles. The number of halogens is 2. The Morgan fingerprint density at radius 2 is 1.88 bits per heavy atom. The minimum atomic E-state index is -0.384. The van der Waals surface area contributed by atoms with Crippen LogP contribution in [0.1, 0.15) is 36.8 Å². The number of carbonyl (C=O) groups is 1. The molecule has 0 radical (unpaired) electrons. The maximum atomic E-state index is 14.7. The van der Waals surface area contributed by atoms with Crippen molar-refractivity contribution in [1.29, 1.82) is 0 Å². The van der Waals surface area contributed by atoms with Crippen LogP contribution in [0, 0.1) is 5.82 Å². The number of anilines is 1. The highest BCUT2D eigenvalue weighted by atomic mass is 35.5. The summed E-state index contributed by atoms with van der Waals surface area (Å²) in [4.78, 5) is 14.7. The van der Waals surface area contributed by atoms with Gasteiger partial charge < -0.3 is 4.90 Å². The SMILES string of the molecule is CCCN1C(=O)CC(c2c(F)cccc2Cl)c2c1ccc1ccccc21. The molecule has 1 unspecified atom stereocenters. The molecule has 0 bridgehead atoms. The number of rotatable bonds is 3. The maximum Gasteiger partial charge on any atom is 0.227 e. The number of hydrogen-bond donors (Lipinski definition) is 0. The molecule has 132 valence electrons. The van der Waals surface area contributed by atoms with Gasteiger partial charge in [0.15, 0.2) is 0 Å². The number of fused-ring (bicyclic) bond motifs is 3. The zero-order valence-electron chi connectivity index (χ0n) is 14.5. The molecule has 4 heteroatoms. The van der Waals surface area contributed by atoms with E-state index in [1.54, 1.807) is 12.1 Å². The van der Waals surface area contributed by atoms with Gasteiger partial charge in [-0.3, -0.25) is 4.79 Å². The van der Waals surface area contributed by atoms with Crippen LogP contribution in [0.15, 0.2) is 54.6 Å². The highest BCUT2D eigenvalue weighted by Crippen LogP contribution is 2.46. The van der Waals surface area contributed by atoms with Crippen LogP contribution in [-0.2, 0) is 4.79 Å². The van der Waals surface area contributed by atoms with Crippen LogP contribution < -0.4 is 4.90 Å². The molecule has 1 amide bonds. The van der Waals surface area contributed by atoms with Gasteiger partial charge in [-0.15, -0.1) is 0 Å². The summed E-state index contributed by atoms with van der Waals surface area (Å²) in [5, 5.41) is 2.49. The van der Waals surface area contributed by atoms with E-state index in [-0.39, 0.29) is 24.1 Å². The fourth-order valence-electron chi connectivity index (χ4n) is 3.97. The topological polar surface area (TPSA) is 20.3 Å². The van der Waals surface area contributed by atoms with Crippen LogP contribution in [-0.4, -0.2) is 12.5 Å². The van der Waals surface area contributed by atoms with Gasteiger partial charge in [0.05, 0.1) is 0 Å². The first-order valence-corrected chi connectivity index (χ1v) is 9.25. The summed E-state index contributed by atoms with van der Waals surface area (Å²) in [6.45, 7) is 2.70. The van der Waals surface area contributed by atoms with Gasteiger partial charge in [-0.2, -0.15) is 0 Å². The molecule has 1 aliphatic rings. The standard InChI is InChI=1S/C22H19ClFNO/c1-2-12-25-19-11-10-14-6-3-4-7-15(14)21(19)16(13-20(25)26)22-17(23)8-5-9-18(22)24/h3-11,16H,2,12-13H2,1H3. The summed E-state index contributed by atoms with van der Waals surface area (Å²) in [5.41, 5.74) is 2.27. The first kappa shape index (κ1) is 17.0. The van der Waals surface area contributed by atoms with Gasteiger partial charge in [0.2, 0.25) is 5.91 Å². The van der Waals surface area contributed by atoms with Gasteiger partial charge in [-0.1, -0.05) is 54.9 Å². The van der Waals surface area contributed by atoms with Crippen molar-refractivity contribution in [1.82, 2.24) is 0 Å². The third-order valence-corrected chi connectivity index (χ3v) is 5.39. The quantitative estimate of drug-likeness (QED) is 0.563. The van der Waals surface area contributed by atoms with Crippen molar-refractivity contribution in [2.24, 2.45) is 0 Å². The lowest BCUT2D eigenvalue weighted by molar-refractivity contribution is -0.119. The Morgan fingerprint density at radius 3 is 2.65 bits per heavy atom. The van der Waals surface area contributed by atoms with E-state index in [2.05, 4.69) is 0 Å². The Labute approximate surface area is 157 Å². The number of nitrogens with zero attached hydrogens (tertiary/aromatic N) is 1. The summed E-state index contributed by atoms with van der Waals surface area (Å²) >= 11 is 6.36. The molecule has 0 fully saturated rings. The summed E-state index contributed by atoms with van der Waals surface area (Å²) in [6.07, 6.45) is 1.09. The Hall–Kier alpha value is -2.39. The Balaban J connectivity index is 2.03. The summed E-state index contributed by atoms with van der Waals surface area (Å²) in [5.74, 6) is -0.734. The van der Waals surface area contributed by atoms with Crippen molar-refractivity contribution < 1.29 is 9.18 Å². The minimum absolute atomic E-state index is 0.0129. The van der Waals surface area contributed by atoms with Gasteiger partial charge in [-0.05, 0) is 41.0 Å². The van der Waals surface area contributed by atoms with E-state index < -0.39 is 0 Å². The van der Waals surface area contributed by atoms with Crippen molar-refractivity contribution in [2.45, 2.75) is 25.7 Å². The normalized spacial score (nSPS) is 16.8. The van der Waals surface area contributed by atoms with Crippen molar-refractivity contribution in [3.63, 3.8) is 0 Å². The lowest BCUT2D eigenvalue weighted by Crippen LogP contribution is -2.37. The summed E-state index contributed by atoms with van der Waals surface area (Å²) in [6, 6.07) is 16.7. The molecule has 3 aromatic carbocycles. The smallest absolute Gasteiger partial charge is 0.227 e. The van der Waals surface area contributed by atoms with Crippen molar-refractivity contribution in [2.75, 3.05) is 11.4 Å². The van der Waals surface area contributed by atoms with Crippen LogP contribution in [0.5, 0.6) is 0 Å². The predicted molar refractivity (Wildman–Crippen MR) is 104 cm³/mol. The molecule has 3 aromatic rings. The molecule has 1 atom stereocenters. The average Bonchev–Trinajstić information content (AvgIpc) is 2.64. The van der Waals surface area contributed by atoms with Gasteiger partial charge in [-0.25, -0.2) is 4.39 Å². The molecule has 0 saturated carbocycles. The fourth-order valence-corrected chi connectivity index (χ4v) is 4.26. The molecule has 2 nitrogen and oxygen atoms in total. The number of benzene rings is 3. The monoisotopic (exact) mass is 367 g/mol. The van der Waals surface area contributed by atoms with Crippen LogP contribution in [0.25, 0.3) is 10.8 Å². The predicted octanol–water partition coefficient (Wildman–Crippen LogP) is 5.91. The highest BCUT2D eigenvalue weighted by molar-refractivity contribution is 6.31. The van der Waals surface area contributed by atoms with E-state index in [0.717, 1.165) is 28.4 Å². The van der Waals surface area contributed by atoms with E-state index in [1.165, 1.54) is 6.07 Å². The molecule has 4 rings (SSSR count). The largest absolute Gasteiger partial charge is 0.312 e. The zero-order chi connectivity index (χ0) is 18.3. The average molecular weight is 368 g/mol. The lowest BCUT2D eigenvalue weighted by atomic mass is 9.81. The van der Waals surface area contributed by atoms with Gasteiger partial charge in [0, 0.05) is 35.2 Å². The first-order valence-electron chi connectivity index (χ1n) is 8.87. The van der Waals surface area contributed by atoms with Crippen molar-refractivity contribution >= 4 is 34.0 Å².